The molecule has 0 saturated carbocycles. The van der Waals surface area contributed by atoms with Crippen LogP contribution in [-0.2, 0) is 13.0 Å². The molecule has 0 aliphatic carbocycles. The first-order valence-corrected chi connectivity index (χ1v) is 6.69. The Morgan fingerprint density at radius 2 is 2.22 bits per heavy atom. The summed E-state index contributed by atoms with van der Waals surface area (Å²) in [5, 5.41) is 12.5. The van der Waals surface area contributed by atoms with Crippen LogP contribution in [0.1, 0.15) is 38.3 Å². The van der Waals surface area contributed by atoms with Gasteiger partial charge in [0.15, 0.2) is 0 Å². The summed E-state index contributed by atoms with van der Waals surface area (Å²) in [5.41, 5.74) is 2.46. The standard InChI is InChI=1S/C15H23NO2/c1-4-13(10-17)16-9-11-5-6-14-12(7-11)8-15(2,3)18-14/h5-7,13,16-17H,4,8-10H2,1-3H3/t13-/m1/s1. The molecule has 0 aromatic heterocycles. The minimum absolute atomic E-state index is 0.0779. The zero-order valence-corrected chi connectivity index (χ0v) is 11.5. The van der Waals surface area contributed by atoms with Gasteiger partial charge in [0, 0.05) is 19.0 Å². The number of aliphatic hydroxyl groups excluding tert-OH is 1. The molecule has 1 heterocycles. The van der Waals surface area contributed by atoms with E-state index in [4.69, 9.17) is 9.84 Å². The van der Waals surface area contributed by atoms with E-state index in [1.807, 2.05) is 0 Å². The molecular formula is C15H23NO2. The van der Waals surface area contributed by atoms with Gasteiger partial charge in [-0.25, -0.2) is 0 Å². The molecule has 3 nitrogen and oxygen atoms in total. The van der Waals surface area contributed by atoms with Crippen molar-refractivity contribution in [2.45, 2.75) is 51.8 Å². The molecule has 2 N–H and O–H groups in total. The average molecular weight is 249 g/mol. The van der Waals surface area contributed by atoms with Crippen molar-refractivity contribution in [3.8, 4) is 5.75 Å². The third-order valence-corrected chi connectivity index (χ3v) is 3.44. The lowest BCUT2D eigenvalue weighted by molar-refractivity contribution is 0.138. The molecule has 0 fully saturated rings. The molecule has 1 aliphatic rings. The van der Waals surface area contributed by atoms with Gasteiger partial charge in [0.25, 0.3) is 0 Å². The van der Waals surface area contributed by atoms with E-state index >= 15 is 0 Å². The number of nitrogens with one attached hydrogen (secondary N) is 1. The first kappa shape index (κ1) is 13.4. The number of benzene rings is 1. The molecule has 100 valence electrons. The summed E-state index contributed by atoms with van der Waals surface area (Å²) < 4.78 is 5.86. The van der Waals surface area contributed by atoms with Gasteiger partial charge in [-0.1, -0.05) is 19.1 Å². The minimum Gasteiger partial charge on any atom is -0.487 e. The molecule has 1 aromatic carbocycles. The highest BCUT2D eigenvalue weighted by Gasteiger charge is 2.29. The van der Waals surface area contributed by atoms with Crippen LogP contribution >= 0.6 is 0 Å². The van der Waals surface area contributed by atoms with E-state index in [9.17, 15) is 0 Å². The fraction of sp³-hybridized carbons (Fsp3) is 0.600. The van der Waals surface area contributed by atoms with E-state index in [0.717, 1.165) is 25.1 Å². The second-order valence-corrected chi connectivity index (χ2v) is 5.65. The van der Waals surface area contributed by atoms with Crippen LogP contribution in [0.15, 0.2) is 18.2 Å². The number of fused-ring (bicyclic) bond motifs is 1. The highest BCUT2D eigenvalue weighted by Crippen LogP contribution is 2.35. The van der Waals surface area contributed by atoms with Crippen molar-refractivity contribution in [2.75, 3.05) is 6.61 Å². The highest BCUT2D eigenvalue weighted by atomic mass is 16.5. The lowest BCUT2D eigenvalue weighted by atomic mass is 10.00. The molecule has 1 aromatic rings. The maximum Gasteiger partial charge on any atom is 0.123 e. The second kappa shape index (κ2) is 5.29. The molecule has 2 rings (SSSR count). The van der Waals surface area contributed by atoms with E-state index < -0.39 is 0 Å². The summed E-state index contributed by atoms with van der Waals surface area (Å²) in [4.78, 5) is 0. The Morgan fingerprint density at radius 3 is 2.89 bits per heavy atom. The number of ether oxygens (including phenoxy) is 1. The van der Waals surface area contributed by atoms with Gasteiger partial charge >= 0.3 is 0 Å². The highest BCUT2D eigenvalue weighted by molar-refractivity contribution is 5.41. The zero-order chi connectivity index (χ0) is 13.2. The Balaban J connectivity index is 2.01. The van der Waals surface area contributed by atoms with Crippen LogP contribution < -0.4 is 10.1 Å². The summed E-state index contributed by atoms with van der Waals surface area (Å²) in [7, 11) is 0. The van der Waals surface area contributed by atoms with E-state index in [1.165, 1.54) is 11.1 Å². The number of rotatable bonds is 5. The van der Waals surface area contributed by atoms with Gasteiger partial charge < -0.3 is 15.2 Å². The van der Waals surface area contributed by atoms with Crippen molar-refractivity contribution in [1.29, 1.82) is 0 Å². The molecule has 0 amide bonds. The topological polar surface area (TPSA) is 41.5 Å². The molecule has 0 bridgehead atoms. The summed E-state index contributed by atoms with van der Waals surface area (Å²) in [6.07, 6.45) is 1.91. The van der Waals surface area contributed by atoms with E-state index in [2.05, 4.69) is 44.3 Å². The molecule has 3 heteroatoms. The minimum atomic E-state index is -0.0779. The Hall–Kier alpha value is -1.06. The molecule has 18 heavy (non-hydrogen) atoms. The predicted octanol–water partition coefficient (Wildman–Crippen LogP) is 2.26. The van der Waals surface area contributed by atoms with Gasteiger partial charge in [-0.3, -0.25) is 0 Å². The molecule has 1 atom stereocenters. The molecule has 0 unspecified atom stereocenters. The third-order valence-electron chi connectivity index (χ3n) is 3.44. The van der Waals surface area contributed by atoms with Gasteiger partial charge in [-0.2, -0.15) is 0 Å². The van der Waals surface area contributed by atoms with Crippen LogP contribution in [0.25, 0.3) is 0 Å². The monoisotopic (exact) mass is 249 g/mol. The lowest BCUT2D eigenvalue weighted by Gasteiger charge is -2.16. The van der Waals surface area contributed by atoms with Gasteiger partial charge in [0.1, 0.15) is 11.4 Å². The van der Waals surface area contributed by atoms with E-state index in [-0.39, 0.29) is 18.2 Å². The van der Waals surface area contributed by atoms with E-state index in [0.29, 0.717) is 0 Å². The maximum absolute atomic E-state index is 9.15. The van der Waals surface area contributed by atoms with Crippen LogP contribution in [0.3, 0.4) is 0 Å². The summed E-state index contributed by atoms with van der Waals surface area (Å²) in [6.45, 7) is 7.30. The Kier molecular flexibility index (Phi) is 3.93. The number of hydrogen-bond donors (Lipinski definition) is 2. The van der Waals surface area contributed by atoms with Crippen molar-refractivity contribution < 1.29 is 9.84 Å². The van der Waals surface area contributed by atoms with Crippen LogP contribution in [0, 0.1) is 0 Å². The summed E-state index contributed by atoms with van der Waals surface area (Å²) >= 11 is 0. The fourth-order valence-corrected chi connectivity index (χ4v) is 2.37. The molecule has 0 spiro atoms. The number of hydrogen-bond acceptors (Lipinski definition) is 3. The lowest BCUT2D eigenvalue weighted by Crippen LogP contribution is -2.31. The summed E-state index contributed by atoms with van der Waals surface area (Å²) in [5.74, 6) is 1.01. The van der Waals surface area contributed by atoms with Gasteiger partial charge in [-0.15, -0.1) is 0 Å². The van der Waals surface area contributed by atoms with E-state index in [1.54, 1.807) is 0 Å². The van der Waals surface area contributed by atoms with Crippen LogP contribution in [0.2, 0.25) is 0 Å². The Bertz CT molecular complexity index is 411. The zero-order valence-electron chi connectivity index (χ0n) is 11.5. The Labute approximate surface area is 109 Å². The third kappa shape index (κ3) is 3.03. The largest absolute Gasteiger partial charge is 0.487 e. The van der Waals surface area contributed by atoms with Crippen molar-refractivity contribution in [1.82, 2.24) is 5.32 Å². The van der Waals surface area contributed by atoms with Crippen LogP contribution in [0.5, 0.6) is 5.75 Å². The normalized spacial score (nSPS) is 18.2. The predicted molar refractivity (Wildman–Crippen MR) is 72.9 cm³/mol. The maximum atomic E-state index is 9.15. The molecule has 1 aliphatic heterocycles. The van der Waals surface area contributed by atoms with Crippen LogP contribution in [0.4, 0.5) is 0 Å². The van der Waals surface area contributed by atoms with Gasteiger partial charge in [-0.05, 0) is 37.5 Å². The Morgan fingerprint density at radius 1 is 1.44 bits per heavy atom. The molecule has 0 radical (unpaired) electrons. The van der Waals surface area contributed by atoms with Crippen LogP contribution in [-0.4, -0.2) is 23.4 Å². The van der Waals surface area contributed by atoms with Crippen molar-refractivity contribution in [2.24, 2.45) is 0 Å². The quantitative estimate of drug-likeness (QED) is 0.841. The second-order valence-electron chi connectivity index (χ2n) is 5.65. The smallest absolute Gasteiger partial charge is 0.123 e. The van der Waals surface area contributed by atoms with Gasteiger partial charge in [0.05, 0.1) is 6.61 Å². The van der Waals surface area contributed by atoms with Gasteiger partial charge in [0.2, 0.25) is 0 Å². The SMILES string of the molecule is CC[C@H](CO)NCc1ccc2c(c1)CC(C)(C)O2. The number of aliphatic hydroxyl groups is 1. The first-order chi connectivity index (χ1) is 8.54. The fourth-order valence-electron chi connectivity index (χ4n) is 2.37. The first-order valence-electron chi connectivity index (χ1n) is 6.69. The molecule has 0 saturated heterocycles. The molecular weight excluding hydrogens is 226 g/mol. The summed E-state index contributed by atoms with van der Waals surface area (Å²) in [6, 6.07) is 6.55. The average Bonchev–Trinajstić information content (AvgIpc) is 2.63. The van der Waals surface area contributed by atoms with Crippen molar-refractivity contribution >= 4 is 0 Å². The van der Waals surface area contributed by atoms with Crippen molar-refractivity contribution in [3.05, 3.63) is 29.3 Å². The van der Waals surface area contributed by atoms with Crippen molar-refractivity contribution in [3.63, 3.8) is 0 Å².